The van der Waals surface area contributed by atoms with Gasteiger partial charge in [0, 0.05) is 6.04 Å². The number of carbonyl (C=O) groups is 3. The molecule has 0 fully saturated rings. The predicted octanol–water partition coefficient (Wildman–Crippen LogP) is 0.540. The number of hydrogen-bond donors (Lipinski definition) is 3. The minimum atomic E-state index is -0.781. The number of alkyl carbamates (subject to hydrolysis) is 1. The van der Waals surface area contributed by atoms with E-state index in [0.29, 0.717) is 0 Å². The Kier molecular flexibility index (Phi) is 7.02. The molecule has 0 aliphatic heterocycles. The predicted molar refractivity (Wildman–Crippen MR) is 75.1 cm³/mol. The van der Waals surface area contributed by atoms with Gasteiger partial charge in [-0.15, -0.1) is 0 Å². The monoisotopic (exact) mass is 287 g/mol. The van der Waals surface area contributed by atoms with Crippen LogP contribution in [0.4, 0.5) is 4.79 Å². The molecule has 0 heterocycles. The smallest absolute Gasteiger partial charge is 0.408 e. The topological polar surface area (TPSA) is 96.5 Å². The molecule has 7 heteroatoms. The summed E-state index contributed by atoms with van der Waals surface area (Å²) in [5, 5.41) is 7.47. The summed E-state index contributed by atoms with van der Waals surface area (Å²) in [6.07, 6.45) is -0.674. The zero-order valence-electron chi connectivity index (χ0n) is 13.0. The van der Waals surface area contributed by atoms with Crippen LogP contribution in [-0.4, -0.2) is 42.1 Å². The zero-order valence-corrected chi connectivity index (χ0v) is 13.0. The van der Waals surface area contributed by atoms with Crippen molar-refractivity contribution < 1.29 is 19.1 Å². The van der Waals surface area contributed by atoms with E-state index in [1.165, 1.54) is 6.92 Å². The van der Waals surface area contributed by atoms with Gasteiger partial charge in [0.25, 0.3) is 0 Å². The van der Waals surface area contributed by atoms with Gasteiger partial charge in [-0.25, -0.2) is 4.79 Å². The maximum absolute atomic E-state index is 11.7. The van der Waals surface area contributed by atoms with Gasteiger partial charge in [-0.3, -0.25) is 9.59 Å². The first-order valence-corrected chi connectivity index (χ1v) is 6.58. The molecule has 0 aliphatic rings. The van der Waals surface area contributed by atoms with Gasteiger partial charge in [-0.2, -0.15) is 0 Å². The minimum Gasteiger partial charge on any atom is -0.444 e. The molecule has 0 saturated carbocycles. The van der Waals surface area contributed by atoms with E-state index in [1.807, 2.05) is 13.8 Å². The molecule has 116 valence electrons. The molecule has 3 N–H and O–H groups in total. The maximum Gasteiger partial charge on any atom is 0.408 e. The summed E-state index contributed by atoms with van der Waals surface area (Å²) in [5.41, 5.74) is -0.628. The lowest BCUT2D eigenvalue weighted by molar-refractivity contribution is -0.127. The SMILES string of the molecule is CC(C)NC(=O)CNC(=O)C(C)NC(=O)OC(C)(C)C. The molecule has 0 aliphatic carbocycles. The second-order valence-electron chi connectivity index (χ2n) is 5.81. The lowest BCUT2D eigenvalue weighted by Crippen LogP contribution is -2.49. The summed E-state index contributed by atoms with van der Waals surface area (Å²) < 4.78 is 5.03. The largest absolute Gasteiger partial charge is 0.444 e. The Hall–Kier alpha value is -1.79. The van der Waals surface area contributed by atoms with Gasteiger partial charge in [0.2, 0.25) is 11.8 Å². The number of hydrogen-bond acceptors (Lipinski definition) is 4. The molecule has 0 aromatic carbocycles. The van der Waals surface area contributed by atoms with Crippen molar-refractivity contribution in [3.05, 3.63) is 0 Å². The maximum atomic E-state index is 11.7. The first-order chi connectivity index (χ1) is 9.01. The second kappa shape index (κ2) is 7.72. The van der Waals surface area contributed by atoms with Crippen molar-refractivity contribution in [2.24, 2.45) is 0 Å². The highest BCUT2D eigenvalue weighted by atomic mass is 16.6. The van der Waals surface area contributed by atoms with Crippen LogP contribution in [0.3, 0.4) is 0 Å². The van der Waals surface area contributed by atoms with Crippen LogP contribution in [-0.2, 0) is 14.3 Å². The summed E-state index contributed by atoms with van der Waals surface area (Å²) in [4.78, 5) is 34.5. The Bertz CT molecular complexity index is 361. The van der Waals surface area contributed by atoms with E-state index in [9.17, 15) is 14.4 Å². The summed E-state index contributed by atoms with van der Waals surface area (Å²) in [6, 6.07) is -0.770. The average Bonchev–Trinajstić information content (AvgIpc) is 2.21. The van der Waals surface area contributed by atoms with Crippen LogP contribution in [0, 0.1) is 0 Å². The van der Waals surface area contributed by atoms with Crippen molar-refractivity contribution >= 4 is 17.9 Å². The Morgan fingerprint density at radius 2 is 1.60 bits per heavy atom. The number of rotatable bonds is 5. The quantitative estimate of drug-likeness (QED) is 0.687. The van der Waals surface area contributed by atoms with Crippen molar-refractivity contribution in [2.75, 3.05) is 6.54 Å². The number of amides is 3. The van der Waals surface area contributed by atoms with Crippen molar-refractivity contribution in [3.63, 3.8) is 0 Å². The number of ether oxygens (including phenoxy) is 1. The molecule has 0 aromatic heterocycles. The van der Waals surface area contributed by atoms with Gasteiger partial charge >= 0.3 is 6.09 Å². The molecule has 0 radical (unpaired) electrons. The van der Waals surface area contributed by atoms with Gasteiger partial charge in [0.1, 0.15) is 11.6 Å². The van der Waals surface area contributed by atoms with E-state index < -0.39 is 23.6 Å². The van der Waals surface area contributed by atoms with E-state index in [0.717, 1.165) is 0 Å². The van der Waals surface area contributed by atoms with Crippen LogP contribution in [0.25, 0.3) is 0 Å². The van der Waals surface area contributed by atoms with Crippen LogP contribution >= 0.6 is 0 Å². The van der Waals surface area contributed by atoms with Gasteiger partial charge in [0.15, 0.2) is 0 Å². The Morgan fingerprint density at radius 1 is 1.05 bits per heavy atom. The zero-order chi connectivity index (χ0) is 15.9. The van der Waals surface area contributed by atoms with Gasteiger partial charge < -0.3 is 20.7 Å². The lowest BCUT2D eigenvalue weighted by atomic mass is 10.2. The van der Waals surface area contributed by atoms with Crippen molar-refractivity contribution in [3.8, 4) is 0 Å². The first-order valence-electron chi connectivity index (χ1n) is 6.58. The third-order valence-corrected chi connectivity index (χ3v) is 2.00. The van der Waals surface area contributed by atoms with E-state index in [1.54, 1.807) is 20.8 Å². The molecule has 1 atom stereocenters. The summed E-state index contributed by atoms with van der Waals surface area (Å²) in [5.74, 6) is -0.729. The third kappa shape index (κ3) is 9.18. The molecule has 3 amide bonds. The van der Waals surface area contributed by atoms with E-state index in [-0.39, 0.29) is 18.5 Å². The molecule has 1 unspecified atom stereocenters. The summed E-state index contributed by atoms with van der Waals surface area (Å²) in [6.45, 7) is 10.2. The van der Waals surface area contributed by atoms with E-state index >= 15 is 0 Å². The highest BCUT2D eigenvalue weighted by Gasteiger charge is 2.21. The van der Waals surface area contributed by atoms with Gasteiger partial charge in [-0.05, 0) is 41.5 Å². The normalized spacial score (nSPS) is 12.6. The minimum absolute atomic E-state index is 0.0108. The first kappa shape index (κ1) is 18.2. The fourth-order valence-corrected chi connectivity index (χ4v) is 1.24. The Labute approximate surface area is 119 Å². The van der Waals surface area contributed by atoms with Crippen LogP contribution < -0.4 is 16.0 Å². The fourth-order valence-electron chi connectivity index (χ4n) is 1.24. The highest BCUT2D eigenvalue weighted by Crippen LogP contribution is 2.06. The molecule has 7 nitrogen and oxygen atoms in total. The average molecular weight is 287 g/mol. The molecular weight excluding hydrogens is 262 g/mol. The lowest BCUT2D eigenvalue weighted by Gasteiger charge is -2.21. The molecule has 0 rings (SSSR count). The van der Waals surface area contributed by atoms with Gasteiger partial charge in [0.05, 0.1) is 6.54 Å². The van der Waals surface area contributed by atoms with Crippen molar-refractivity contribution in [1.29, 1.82) is 0 Å². The number of carbonyl (C=O) groups excluding carboxylic acids is 3. The molecule has 0 saturated heterocycles. The van der Waals surface area contributed by atoms with Crippen molar-refractivity contribution in [2.45, 2.75) is 59.2 Å². The van der Waals surface area contributed by atoms with E-state index in [2.05, 4.69) is 16.0 Å². The second-order valence-corrected chi connectivity index (χ2v) is 5.81. The molecule has 0 spiro atoms. The van der Waals surface area contributed by atoms with Gasteiger partial charge in [-0.1, -0.05) is 0 Å². The van der Waals surface area contributed by atoms with Crippen LogP contribution in [0.2, 0.25) is 0 Å². The molecule has 20 heavy (non-hydrogen) atoms. The van der Waals surface area contributed by atoms with Crippen LogP contribution in [0.1, 0.15) is 41.5 Å². The highest BCUT2D eigenvalue weighted by molar-refractivity contribution is 5.89. The van der Waals surface area contributed by atoms with Crippen LogP contribution in [0.5, 0.6) is 0 Å². The van der Waals surface area contributed by atoms with Crippen molar-refractivity contribution in [1.82, 2.24) is 16.0 Å². The third-order valence-electron chi connectivity index (χ3n) is 2.00. The molecular formula is C13H25N3O4. The molecule has 0 aromatic rings. The summed E-state index contributed by atoms with van der Waals surface area (Å²) >= 11 is 0. The Morgan fingerprint density at radius 3 is 2.05 bits per heavy atom. The van der Waals surface area contributed by atoms with E-state index in [4.69, 9.17) is 4.74 Å². The fraction of sp³-hybridized carbons (Fsp3) is 0.769. The number of nitrogens with one attached hydrogen (secondary N) is 3. The Balaban J connectivity index is 4.10. The van der Waals surface area contributed by atoms with Crippen LogP contribution in [0.15, 0.2) is 0 Å². The molecule has 0 bridgehead atoms. The summed E-state index contributed by atoms with van der Waals surface area (Å²) in [7, 11) is 0. The standard InChI is InChI=1S/C13H25N3O4/c1-8(2)15-10(17)7-14-11(18)9(3)16-12(19)20-13(4,5)6/h8-9H,7H2,1-6H3,(H,14,18)(H,15,17)(H,16,19).